The summed E-state index contributed by atoms with van der Waals surface area (Å²) in [6.45, 7) is 2.81. The van der Waals surface area contributed by atoms with Gasteiger partial charge in [0, 0.05) is 12.8 Å². The Hall–Kier alpha value is -1.52. The predicted molar refractivity (Wildman–Crippen MR) is 199 cm³/mol. The number of ether oxygens (including phenoxy) is 2. The summed E-state index contributed by atoms with van der Waals surface area (Å²) in [5.74, 6) is -2.36. The second-order valence-electron chi connectivity index (χ2n) is 13.8. The van der Waals surface area contributed by atoms with Crippen LogP contribution in [0.25, 0.3) is 0 Å². The van der Waals surface area contributed by atoms with E-state index in [9.17, 15) is 23.8 Å². The average Bonchev–Trinajstić information content (AvgIpc) is 3.09. The standard InChI is InChI=1S/C38H74NO10P/c1-3-5-7-9-11-13-15-17-19-21-23-25-27-29-36(40)46-31-34(32-47-50(44,45)48-33-35(39)38(42)43)49-37(41)30-28-26-24-22-20-18-16-14-12-10-8-6-4-2/h34-35H,3-33,39H2,1-2H3,(H,42,43)(H,44,45)/t34-,35+/m0/s1. The first-order valence-electron chi connectivity index (χ1n) is 20.1. The van der Waals surface area contributed by atoms with Crippen LogP contribution in [-0.2, 0) is 37.5 Å². The third kappa shape index (κ3) is 33.6. The minimum absolute atomic E-state index is 0.169. The van der Waals surface area contributed by atoms with Crippen LogP contribution >= 0.6 is 7.82 Å². The molecule has 0 aliphatic rings. The lowest BCUT2D eigenvalue weighted by Gasteiger charge is -2.20. The molecule has 0 bridgehead atoms. The van der Waals surface area contributed by atoms with Crippen molar-refractivity contribution in [1.29, 1.82) is 0 Å². The summed E-state index contributed by atoms with van der Waals surface area (Å²) in [4.78, 5) is 45.8. The van der Waals surface area contributed by atoms with Crippen LogP contribution in [0, 0.1) is 0 Å². The second-order valence-corrected chi connectivity index (χ2v) is 15.2. The van der Waals surface area contributed by atoms with Crippen LogP contribution in [0.3, 0.4) is 0 Å². The van der Waals surface area contributed by atoms with Crippen LogP contribution < -0.4 is 5.73 Å². The maximum absolute atomic E-state index is 12.6. The zero-order valence-corrected chi connectivity index (χ0v) is 32.7. The minimum atomic E-state index is -4.70. The summed E-state index contributed by atoms with van der Waals surface area (Å²) in [5, 5.41) is 8.86. The highest BCUT2D eigenvalue weighted by Crippen LogP contribution is 2.43. The third-order valence-corrected chi connectivity index (χ3v) is 9.81. The van der Waals surface area contributed by atoms with Gasteiger partial charge in [-0.05, 0) is 12.8 Å². The highest BCUT2D eigenvalue weighted by atomic mass is 31.2. The number of carbonyl (C=O) groups excluding carboxylic acids is 2. The van der Waals surface area contributed by atoms with Gasteiger partial charge in [0.25, 0.3) is 0 Å². The molecule has 0 rings (SSSR count). The smallest absolute Gasteiger partial charge is 0.472 e. The second kappa shape index (κ2) is 34.6. The first-order valence-corrected chi connectivity index (χ1v) is 21.6. The zero-order valence-electron chi connectivity index (χ0n) is 31.8. The van der Waals surface area contributed by atoms with Crippen LogP contribution in [0.15, 0.2) is 0 Å². The Morgan fingerprint density at radius 2 is 0.880 bits per heavy atom. The summed E-state index contributed by atoms with van der Waals surface area (Å²) < 4.78 is 32.6. The van der Waals surface area contributed by atoms with Gasteiger partial charge in [0.15, 0.2) is 6.10 Å². The van der Waals surface area contributed by atoms with E-state index >= 15 is 0 Å². The van der Waals surface area contributed by atoms with Crippen molar-refractivity contribution < 1.29 is 47.5 Å². The van der Waals surface area contributed by atoms with Crippen molar-refractivity contribution in [1.82, 2.24) is 0 Å². The van der Waals surface area contributed by atoms with Gasteiger partial charge in [-0.2, -0.15) is 0 Å². The molecule has 0 heterocycles. The van der Waals surface area contributed by atoms with Crippen LogP contribution in [0.2, 0.25) is 0 Å². The molecule has 4 N–H and O–H groups in total. The summed E-state index contributed by atoms with van der Waals surface area (Å²) in [6.07, 6.45) is 30.2. The molecule has 11 nitrogen and oxygen atoms in total. The fourth-order valence-electron chi connectivity index (χ4n) is 5.65. The molecular formula is C38H74NO10P. The van der Waals surface area contributed by atoms with Crippen LogP contribution in [0.1, 0.15) is 194 Å². The van der Waals surface area contributed by atoms with Crippen molar-refractivity contribution >= 4 is 25.7 Å². The molecule has 0 fully saturated rings. The Morgan fingerprint density at radius 3 is 1.26 bits per heavy atom. The van der Waals surface area contributed by atoms with Gasteiger partial charge in [-0.1, -0.05) is 168 Å². The maximum atomic E-state index is 12.6. The topological polar surface area (TPSA) is 172 Å². The van der Waals surface area contributed by atoms with Crippen molar-refractivity contribution in [2.24, 2.45) is 5.73 Å². The Balaban J connectivity index is 4.38. The average molecular weight is 736 g/mol. The highest BCUT2D eigenvalue weighted by Gasteiger charge is 2.28. The molecule has 3 atom stereocenters. The first kappa shape index (κ1) is 48.5. The largest absolute Gasteiger partial charge is 0.480 e. The number of phosphoric acid groups is 1. The lowest BCUT2D eigenvalue weighted by molar-refractivity contribution is -0.161. The van der Waals surface area contributed by atoms with Gasteiger partial charge in [-0.15, -0.1) is 0 Å². The Bertz CT molecular complexity index is 875. The van der Waals surface area contributed by atoms with Crippen molar-refractivity contribution in [3.05, 3.63) is 0 Å². The van der Waals surface area contributed by atoms with Crippen LogP contribution in [0.5, 0.6) is 0 Å². The number of carbonyl (C=O) groups is 3. The van der Waals surface area contributed by atoms with Crippen LogP contribution in [-0.4, -0.2) is 59.9 Å². The van der Waals surface area contributed by atoms with E-state index in [1.807, 2.05) is 0 Å². The fraction of sp³-hybridized carbons (Fsp3) is 0.921. The number of unbranched alkanes of at least 4 members (excludes halogenated alkanes) is 24. The molecule has 0 aromatic heterocycles. The molecule has 50 heavy (non-hydrogen) atoms. The molecular weight excluding hydrogens is 661 g/mol. The van der Waals surface area contributed by atoms with Crippen LogP contribution in [0.4, 0.5) is 0 Å². The van der Waals surface area contributed by atoms with E-state index in [1.54, 1.807) is 0 Å². The van der Waals surface area contributed by atoms with E-state index in [4.69, 9.17) is 24.8 Å². The molecule has 0 aromatic carbocycles. The molecule has 0 aliphatic carbocycles. The van der Waals surface area contributed by atoms with E-state index in [0.29, 0.717) is 12.8 Å². The van der Waals surface area contributed by atoms with E-state index < -0.39 is 51.1 Å². The third-order valence-electron chi connectivity index (χ3n) is 8.86. The molecule has 0 radical (unpaired) electrons. The minimum Gasteiger partial charge on any atom is -0.480 e. The number of aliphatic carboxylic acids is 1. The number of carboxylic acid groups (broad SMARTS) is 1. The number of esters is 2. The van der Waals surface area contributed by atoms with Crippen molar-refractivity contribution in [3.63, 3.8) is 0 Å². The van der Waals surface area contributed by atoms with Crippen molar-refractivity contribution in [2.45, 2.75) is 206 Å². The number of phosphoric ester groups is 1. The Labute approximate surface area is 304 Å². The lowest BCUT2D eigenvalue weighted by atomic mass is 10.0. The Morgan fingerprint density at radius 1 is 0.540 bits per heavy atom. The summed E-state index contributed by atoms with van der Waals surface area (Å²) in [6, 6.07) is -1.51. The van der Waals surface area contributed by atoms with Gasteiger partial charge >= 0.3 is 25.7 Å². The van der Waals surface area contributed by atoms with Crippen molar-refractivity contribution in [3.8, 4) is 0 Å². The number of rotatable bonds is 38. The van der Waals surface area contributed by atoms with Gasteiger partial charge < -0.3 is 25.2 Å². The molecule has 12 heteroatoms. The lowest BCUT2D eigenvalue weighted by Crippen LogP contribution is -2.34. The van der Waals surface area contributed by atoms with E-state index in [1.165, 1.54) is 116 Å². The summed E-state index contributed by atoms with van der Waals surface area (Å²) in [5.41, 5.74) is 5.32. The normalized spacial score (nSPS) is 13.8. The highest BCUT2D eigenvalue weighted by molar-refractivity contribution is 7.47. The number of carboxylic acids is 1. The van der Waals surface area contributed by atoms with Gasteiger partial charge in [0.05, 0.1) is 13.2 Å². The predicted octanol–water partition coefficient (Wildman–Crippen LogP) is 9.95. The summed E-state index contributed by atoms with van der Waals surface area (Å²) in [7, 11) is -4.70. The van der Waals surface area contributed by atoms with Gasteiger partial charge in [0.1, 0.15) is 12.6 Å². The van der Waals surface area contributed by atoms with E-state index in [0.717, 1.165) is 38.5 Å². The van der Waals surface area contributed by atoms with Gasteiger partial charge in [-0.25, -0.2) is 4.57 Å². The monoisotopic (exact) mass is 736 g/mol. The molecule has 1 unspecified atom stereocenters. The number of nitrogens with two attached hydrogens (primary N) is 1. The molecule has 0 aromatic rings. The molecule has 0 saturated heterocycles. The van der Waals surface area contributed by atoms with E-state index in [-0.39, 0.29) is 19.4 Å². The molecule has 296 valence electrons. The first-order chi connectivity index (χ1) is 24.1. The molecule has 0 spiro atoms. The quantitative estimate of drug-likeness (QED) is 0.0313. The van der Waals surface area contributed by atoms with Gasteiger partial charge in [-0.3, -0.25) is 23.4 Å². The Kier molecular flexibility index (Phi) is 33.5. The number of hydrogen-bond donors (Lipinski definition) is 3. The SMILES string of the molecule is CCCCCCCCCCCCCCCC(=O)OC[C@@H](COP(=O)(O)OC[C@@H](N)C(=O)O)OC(=O)CCCCCCCCCCCCCCC. The van der Waals surface area contributed by atoms with Crippen molar-refractivity contribution in [2.75, 3.05) is 19.8 Å². The molecule has 0 amide bonds. The maximum Gasteiger partial charge on any atom is 0.472 e. The summed E-state index contributed by atoms with van der Waals surface area (Å²) >= 11 is 0. The number of hydrogen-bond acceptors (Lipinski definition) is 9. The zero-order chi connectivity index (χ0) is 37.1. The molecule has 0 aliphatic heterocycles. The van der Waals surface area contributed by atoms with Gasteiger partial charge in [0.2, 0.25) is 0 Å². The molecule has 0 saturated carbocycles. The van der Waals surface area contributed by atoms with E-state index in [2.05, 4.69) is 18.4 Å². The fourth-order valence-corrected chi connectivity index (χ4v) is 6.43.